The first-order chi connectivity index (χ1) is 32.3. The van der Waals surface area contributed by atoms with E-state index in [-0.39, 0.29) is 31.1 Å². The molecule has 0 aliphatic heterocycles. The largest absolute Gasteiger partial charge is 0.462 e. The first kappa shape index (κ1) is 64.4. The lowest BCUT2D eigenvalue weighted by atomic mass is 9.99. The lowest BCUT2D eigenvalue weighted by Gasteiger charge is -2.18. The Balaban J connectivity index is 4.25. The van der Waals surface area contributed by atoms with Gasteiger partial charge in [-0.15, -0.1) is 0 Å². The van der Waals surface area contributed by atoms with Crippen molar-refractivity contribution in [2.75, 3.05) is 13.2 Å². The third-order valence-electron chi connectivity index (χ3n) is 14.1. The smallest absolute Gasteiger partial charge is 0.306 e. The molecule has 0 saturated heterocycles. The number of unbranched alkanes of at least 4 members (excludes halogenated alkanes) is 38. The van der Waals surface area contributed by atoms with Crippen LogP contribution in [0.2, 0.25) is 0 Å². The maximum Gasteiger partial charge on any atom is 0.306 e. The van der Waals surface area contributed by atoms with Crippen LogP contribution in [0, 0.1) is 11.8 Å². The molecule has 2 atom stereocenters. The summed E-state index contributed by atoms with van der Waals surface area (Å²) in [6, 6.07) is 0. The summed E-state index contributed by atoms with van der Waals surface area (Å²) in [5, 5.41) is 0. The molecule has 0 saturated carbocycles. The molecule has 1 unspecified atom stereocenters. The standard InChI is InChI=1S/C60H116O6/c1-6-8-9-10-11-12-13-14-15-16-17-18-22-25-30-35-40-45-50-58(61)64-53-57(66-60(63)52-47-42-37-32-27-28-33-38-43-48-55(3)4)54-65-59(62)51-46-41-36-31-26-23-20-19-21-24-29-34-39-44-49-56(5)7-2/h55-57H,6-54H2,1-5H3/t56?,57-/m1/s1. The van der Waals surface area contributed by atoms with Crippen molar-refractivity contribution in [1.29, 1.82) is 0 Å². The Morgan fingerprint density at radius 1 is 0.318 bits per heavy atom. The summed E-state index contributed by atoms with van der Waals surface area (Å²) in [6.45, 7) is 11.4. The van der Waals surface area contributed by atoms with Crippen molar-refractivity contribution in [3.63, 3.8) is 0 Å². The molecule has 6 heteroatoms. The molecule has 0 aliphatic carbocycles. The molecule has 0 aromatic rings. The number of carbonyl (C=O) groups excluding carboxylic acids is 3. The monoisotopic (exact) mass is 933 g/mol. The fourth-order valence-electron chi connectivity index (χ4n) is 9.20. The molecular weight excluding hydrogens is 817 g/mol. The molecule has 392 valence electrons. The van der Waals surface area contributed by atoms with Gasteiger partial charge in [0.2, 0.25) is 0 Å². The molecule has 6 nitrogen and oxygen atoms in total. The van der Waals surface area contributed by atoms with Gasteiger partial charge in [-0.1, -0.05) is 298 Å². The maximum atomic E-state index is 12.8. The Hall–Kier alpha value is -1.59. The van der Waals surface area contributed by atoms with Crippen molar-refractivity contribution in [1.82, 2.24) is 0 Å². The Kier molecular flexibility index (Phi) is 51.5. The van der Waals surface area contributed by atoms with Crippen LogP contribution in [0.4, 0.5) is 0 Å². The second kappa shape index (κ2) is 52.8. The summed E-state index contributed by atoms with van der Waals surface area (Å²) in [5.41, 5.74) is 0. The number of hydrogen-bond acceptors (Lipinski definition) is 6. The van der Waals surface area contributed by atoms with Crippen LogP contribution in [-0.4, -0.2) is 37.2 Å². The normalized spacial score (nSPS) is 12.5. The topological polar surface area (TPSA) is 78.9 Å². The van der Waals surface area contributed by atoms with Gasteiger partial charge < -0.3 is 14.2 Å². The van der Waals surface area contributed by atoms with Gasteiger partial charge in [-0.05, 0) is 31.1 Å². The molecule has 0 N–H and O–H groups in total. The quantitative estimate of drug-likeness (QED) is 0.0343. The molecule has 66 heavy (non-hydrogen) atoms. The summed E-state index contributed by atoms with van der Waals surface area (Å²) >= 11 is 0. The second-order valence-corrected chi connectivity index (χ2v) is 21.4. The third kappa shape index (κ3) is 51.8. The number of carbonyl (C=O) groups is 3. The van der Waals surface area contributed by atoms with Crippen LogP contribution in [0.15, 0.2) is 0 Å². The van der Waals surface area contributed by atoms with Gasteiger partial charge in [0.15, 0.2) is 6.10 Å². The van der Waals surface area contributed by atoms with Crippen LogP contribution < -0.4 is 0 Å². The van der Waals surface area contributed by atoms with Gasteiger partial charge in [-0.2, -0.15) is 0 Å². The van der Waals surface area contributed by atoms with E-state index in [0.29, 0.717) is 19.3 Å². The summed E-state index contributed by atoms with van der Waals surface area (Å²) < 4.78 is 16.9. The number of rotatable bonds is 54. The van der Waals surface area contributed by atoms with Crippen molar-refractivity contribution >= 4 is 17.9 Å². The van der Waals surface area contributed by atoms with E-state index in [0.717, 1.165) is 69.6 Å². The van der Waals surface area contributed by atoms with E-state index in [9.17, 15) is 14.4 Å². The van der Waals surface area contributed by atoms with Crippen LogP contribution in [0.5, 0.6) is 0 Å². The summed E-state index contributed by atoms with van der Waals surface area (Å²) in [5.74, 6) is 0.862. The third-order valence-corrected chi connectivity index (χ3v) is 14.1. The van der Waals surface area contributed by atoms with Crippen molar-refractivity contribution in [2.24, 2.45) is 11.8 Å². The SMILES string of the molecule is CCCCCCCCCCCCCCCCCCCCC(=O)OC[C@H](COC(=O)CCCCCCCCCCCCCCCCC(C)CC)OC(=O)CCCCCCCCCCCC(C)C. The fourth-order valence-corrected chi connectivity index (χ4v) is 9.20. The average molecular weight is 934 g/mol. The Morgan fingerprint density at radius 2 is 0.576 bits per heavy atom. The van der Waals surface area contributed by atoms with E-state index >= 15 is 0 Å². The molecular formula is C60H116O6. The zero-order valence-electron chi connectivity index (χ0n) is 45.3. The highest BCUT2D eigenvalue weighted by molar-refractivity contribution is 5.71. The van der Waals surface area contributed by atoms with Crippen LogP contribution in [0.1, 0.15) is 336 Å². The minimum Gasteiger partial charge on any atom is -0.462 e. The van der Waals surface area contributed by atoms with Gasteiger partial charge in [0, 0.05) is 19.3 Å². The van der Waals surface area contributed by atoms with Gasteiger partial charge in [0.05, 0.1) is 0 Å². The molecule has 0 aliphatic rings. The van der Waals surface area contributed by atoms with E-state index in [1.807, 2.05) is 0 Å². The number of hydrogen-bond donors (Lipinski definition) is 0. The molecule has 0 amide bonds. The summed E-state index contributed by atoms with van der Waals surface area (Å²) in [4.78, 5) is 38.2. The molecule has 0 rings (SSSR count). The van der Waals surface area contributed by atoms with Crippen LogP contribution in [-0.2, 0) is 28.6 Å². The summed E-state index contributed by atoms with van der Waals surface area (Å²) in [7, 11) is 0. The maximum absolute atomic E-state index is 12.8. The van der Waals surface area contributed by atoms with Crippen LogP contribution in [0.25, 0.3) is 0 Å². The van der Waals surface area contributed by atoms with E-state index < -0.39 is 6.10 Å². The Bertz CT molecular complexity index is 1010. The summed E-state index contributed by atoms with van der Waals surface area (Å²) in [6.07, 6.45) is 56.6. The van der Waals surface area contributed by atoms with E-state index in [4.69, 9.17) is 14.2 Å². The minimum atomic E-state index is -0.763. The zero-order chi connectivity index (χ0) is 48.2. The number of esters is 3. The Labute approximate surface area is 412 Å². The number of ether oxygens (including phenoxy) is 3. The van der Waals surface area contributed by atoms with Crippen molar-refractivity contribution < 1.29 is 28.6 Å². The lowest BCUT2D eigenvalue weighted by Crippen LogP contribution is -2.30. The highest BCUT2D eigenvalue weighted by Crippen LogP contribution is 2.19. The highest BCUT2D eigenvalue weighted by Gasteiger charge is 2.19. The van der Waals surface area contributed by atoms with E-state index in [1.165, 1.54) is 225 Å². The molecule has 0 bridgehead atoms. The fraction of sp³-hybridized carbons (Fsp3) is 0.950. The van der Waals surface area contributed by atoms with Gasteiger partial charge in [0.25, 0.3) is 0 Å². The zero-order valence-corrected chi connectivity index (χ0v) is 45.3. The molecule has 0 heterocycles. The van der Waals surface area contributed by atoms with Crippen molar-refractivity contribution in [3.05, 3.63) is 0 Å². The van der Waals surface area contributed by atoms with Crippen molar-refractivity contribution in [2.45, 2.75) is 343 Å². The predicted molar refractivity (Wildman–Crippen MR) is 284 cm³/mol. The molecule has 0 aromatic carbocycles. The van der Waals surface area contributed by atoms with Gasteiger partial charge in [0.1, 0.15) is 13.2 Å². The van der Waals surface area contributed by atoms with Gasteiger partial charge in [-0.3, -0.25) is 14.4 Å². The average Bonchev–Trinajstić information content (AvgIpc) is 3.30. The van der Waals surface area contributed by atoms with E-state index in [2.05, 4.69) is 34.6 Å². The molecule has 0 spiro atoms. The van der Waals surface area contributed by atoms with Gasteiger partial charge >= 0.3 is 17.9 Å². The highest BCUT2D eigenvalue weighted by atomic mass is 16.6. The second-order valence-electron chi connectivity index (χ2n) is 21.4. The first-order valence-corrected chi connectivity index (χ1v) is 29.8. The van der Waals surface area contributed by atoms with Gasteiger partial charge in [-0.25, -0.2) is 0 Å². The molecule has 0 radical (unpaired) electrons. The minimum absolute atomic E-state index is 0.0629. The van der Waals surface area contributed by atoms with E-state index in [1.54, 1.807) is 0 Å². The Morgan fingerprint density at radius 3 is 0.864 bits per heavy atom. The first-order valence-electron chi connectivity index (χ1n) is 29.8. The van der Waals surface area contributed by atoms with Crippen LogP contribution in [0.3, 0.4) is 0 Å². The van der Waals surface area contributed by atoms with Crippen molar-refractivity contribution in [3.8, 4) is 0 Å². The molecule has 0 fully saturated rings. The van der Waals surface area contributed by atoms with Crippen LogP contribution >= 0.6 is 0 Å². The molecule has 0 aromatic heterocycles. The lowest BCUT2D eigenvalue weighted by molar-refractivity contribution is -0.167. The predicted octanol–water partition coefficient (Wildman–Crippen LogP) is 19.7.